The number of hydrogen-bond acceptors (Lipinski definition) is 4. The molecule has 1 aromatic carbocycles. The Balaban J connectivity index is 2.82. The molecule has 0 heterocycles. The van der Waals surface area contributed by atoms with Gasteiger partial charge in [-0.1, -0.05) is 13.8 Å². The zero-order valence-electron chi connectivity index (χ0n) is 10.5. The molecule has 1 aromatic rings. The lowest BCUT2D eigenvalue weighted by molar-refractivity contribution is -0.117. The van der Waals surface area contributed by atoms with Crippen LogP contribution >= 0.6 is 0 Å². The molecular formula is C12H18N2O3S. The van der Waals surface area contributed by atoms with E-state index in [0.717, 1.165) is 0 Å². The monoisotopic (exact) mass is 270 g/mol. The largest absolute Gasteiger partial charge is 0.325 e. The van der Waals surface area contributed by atoms with Crippen LogP contribution in [0.2, 0.25) is 0 Å². The predicted molar refractivity (Wildman–Crippen MR) is 71.1 cm³/mol. The maximum absolute atomic E-state index is 11.6. The molecule has 0 aliphatic rings. The van der Waals surface area contributed by atoms with E-state index in [1.54, 1.807) is 19.1 Å². The van der Waals surface area contributed by atoms with Crippen LogP contribution in [0.5, 0.6) is 0 Å². The van der Waals surface area contributed by atoms with Crippen LogP contribution in [0.4, 0.5) is 5.69 Å². The van der Waals surface area contributed by atoms with Gasteiger partial charge in [-0.05, 0) is 30.7 Å². The van der Waals surface area contributed by atoms with Crippen molar-refractivity contribution in [3.63, 3.8) is 0 Å². The molecule has 0 aliphatic carbocycles. The molecule has 0 fully saturated rings. The van der Waals surface area contributed by atoms with Crippen molar-refractivity contribution in [3.8, 4) is 0 Å². The number of hydrogen-bond donors (Lipinski definition) is 2. The smallest absolute Gasteiger partial charge is 0.241 e. The van der Waals surface area contributed by atoms with Gasteiger partial charge in [-0.15, -0.1) is 0 Å². The Labute approximate surface area is 107 Å². The lowest BCUT2D eigenvalue weighted by Gasteiger charge is -2.10. The van der Waals surface area contributed by atoms with Crippen LogP contribution in [0.1, 0.15) is 20.3 Å². The molecule has 6 heteroatoms. The van der Waals surface area contributed by atoms with Gasteiger partial charge < -0.3 is 11.1 Å². The average molecular weight is 270 g/mol. The first kappa shape index (κ1) is 14.7. The van der Waals surface area contributed by atoms with Gasteiger partial charge in [0.2, 0.25) is 5.91 Å². The minimum absolute atomic E-state index is 0.0550. The van der Waals surface area contributed by atoms with E-state index in [9.17, 15) is 13.2 Å². The molecule has 0 spiro atoms. The summed E-state index contributed by atoms with van der Waals surface area (Å²) >= 11 is 0. The van der Waals surface area contributed by atoms with Crippen LogP contribution in [-0.4, -0.2) is 26.1 Å². The number of carbonyl (C=O) groups is 1. The number of amides is 1. The second-order valence-corrected chi connectivity index (χ2v) is 6.21. The SMILES string of the molecule is CC[C@H](N)C(=O)Nc1ccc(S(=O)(=O)CC)cc1. The third kappa shape index (κ3) is 3.54. The van der Waals surface area contributed by atoms with E-state index in [4.69, 9.17) is 5.73 Å². The minimum atomic E-state index is -3.20. The van der Waals surface area contributed by atoms with Crippen LogP contribution < -0.4 is 11.1 Å². The van der Waals surface area contributed by atoms with Crippen molar-refractivity contribution in [2.45, 2.75) is 31.2 Å². The summed E-state index contributed by atoms with van der Waals surface area (Å²) in [6.07, 6.45) is 0.550. The summed E-state index contributed by atoms with van der Waals surface area (Å²) in [5.41, 5.74) is 6.12. The third-order valence-corrected chi connectivity index (χ3v) is 4.39. The highest BCUT2D eigenvalue weighted by atomic mass is 32.2. The van der Waals surface area contributed by atoms with Gasteiger partial charge >= 0.3 is 0 Å². The van der Waals surface area contributed by atoms with Crippen molar-refractivity contribution < 1.29 is 13.2 Å². The fraction of sp³-hybridized carbons (Fsp3) is 0.417. The van der Waals surface area contributed by atoms with Gasteiger partial charge in [-0.3, -0.25) is 4.79 Å². The molecule has 1 atom stereocenters. The Morgan fingerprint density at radius 3 is 2.28 bits per heavy atom. The fourth-order valence-electron chi connectivity index (χ4n) is 1.33. The molecule has 0 unspecified atom stereocenters. The predicted octanol–water partition coefficient (Wildman–Crippen LogP) is 1.16. The molecule has 3 N–H and O–H groups in total. The molecule has 18 heavy (non-hydrogen) atoms. The molecule has 100 valence electrons. The number of carbonyl (C=O) groups excluding carboxylic acids is 1. The zero-order valence-corrected chi connectivity index (χ0v) is 11.3. The Kier molecular flexibility index (Phi) is 4.86. The number of anilines is 1. The molecule has 0 saturated carbocycles. The maximum atomic E-state index is 11.6. The Morgan fingerprint density at radius 1 is 1.28 bits per heavy atom. The van der Waals surface area contributed by atoms with Gasteiger partial charge in [-0.2, -0.15) is 0 Å². The van der Waals surface area contributed by atoms with Crippen molar-refractivity contribution >= 4 is 21.4 Å². The fourth-order valence-corrected chi connectivity index (χ4v) is 2.22. The Bertz CT molecular complexity index is 509. The van der Waals surface area contributed by atoms with Crippen LogP contribution in [0, 0.1) is 0 Å². The summed E-state index contributed by atoms with van der Waals surface area (Å²) in [7, 11) is -3.20. The first-order valence-electron chi connectivity index (χ1n) is 5.80. The number of nitrogens with two attached hydrogens (primary N) is 1. The summed E-state index contributed by atoms with van der Waals surface area (Å²) in [5.74, 6) is -0.219. The van der Waals surface area contributed by atoms with E-state index >= 15 is 0 Å². The third-order valence-electron chi connectivity index (χ3n) is 2.64. The first-order valence-corrected chi connectivity index (χ1v) is 7.45. The molecule has 5 nitrogen and oxygen atoms in total. The van der Waals surface area contributed by atoms with Crippen LogP contribution in [-0.2, 0) is 14.6 Å². The molecule has 1 amide bonds. The van der Waals surface area contributed by atoms with Crippen molar-refractivity contribution in [3.05, 3.63) is 24.3 Å². The molecular weight excluding hydrogens is 252 g/mol. The van der Waals surface area contributed by atoms with Gasteiger partial charge in [0.25, 0.3) is 0 Å². The van der Waals surface area contributed by atoms with E-state index < -0.39 is 15.9 Å². The molecule has 0 bridgehead atoms. The van der Waals surface area contributed by atoms with Gasteiger partial charge in [0.1, 0.15) is 0 Å². The van der Waals surface area contributed by atoms with Gasteiger partial charge in [0, 0.05) is 5.69 Å². The van der Waals surface area contributed by atoms with Gasteiger partial charge in [-0.25, -0.2) is 8.42 Å². The molecule has 0 aromatic heterocycles. The van der Waals surface area contributed by atoms with Crippen molar-refractivity contribution in [2.75, 3.05) is 11.1 Å². The highest BCUT2D eigenvalue weighted by Crippen LogP contribution is 2.15. The minimum Gasteiger partial charge on any atom is -0.325 e. The van der Waals surface area contributed by atoms with Crippen LogP contribution in [0.25, 0.3) is 0 Å². The Hall–Kier alpha value is -1.40. The quantitative estimate of drug-likeness (QED) is 0.840. The standard InChI is InChI=1S/C12H18N2O3S/c1-3-11(13)12(15)14-9-5-7-10(8-6-9)18(16,17)4-2/h5-8,11H,3-4,13H2,1-2H3,(H,14,15)/t11-/m0/s1. The summed E-state index contributed by atoms with van der Waals surface area (Å²) in [6.45, 7) is 3.41. The van der Waals surface area contributed by atoms with Crippen molar-refractivity contribution in [2.24, 2.45) is 5.73 Å². The number of sulfone groups is 1. The molecule has 1 rings (SSSR count). The summed E-state index contributed by atoms with van der Waals surface area (Å²) < 4.78 is 23.2. The van der Waals surface area contributed by atoms with E-state index in [0.29, 0.717) is 12.1 Å². The summed E-state index contributed by atoms with van der Waals surface area (Å²) in [6, 6.07) is 5.52. The lowest BCUT2D eigenvalue weighted by Crippen LogP contribution is -2.34. The Morgan fingerprint density at radius 2 is 1.83 bits per heavy atom. The number of nitrogens with one attached hydrogen (secondary N) is 1. The van der Waals surface area contributed by atoms with Crippen LogP contribution in [0.15, 0.2) is 29.2 Å². The highest BCUT2D eigenvalue weighted by Gasteiger charge is 2.13. The number of rotatable bonds is 5. The van der Waals surface area contributed by atoms with Crippen molar-refractivity contribution in [1.82, 2.24) is 0 Å². The van der Waals surface area contributed by atoms with Gasteiger partial charge in [0.05, 0.1) is 16.7 Å². The topological polar surface area (TPSA) is 89.3 Å². The van der Waals surface area contributed by atoms with E-state index in [2.05, 4.69) is 5.32 Å². The number of benzene rings is 1. The average Bonchev–Trinajstić information content (AvgIpc) is 2.38. The van der Waals surface area contributed by atoms with E-state index in [1.165, 1.54) is 12.1 Å². The normalized spacial score (nSPS) is 13.1. The zero-order chi connectivity index (χ0) is 13.8. The second-order valence-electron chi connectivity index (χ2n) is 3.93. The summed E-state index contributed by atoms with van der Waals surface area (Å²) in [4.78, 5) is 11.8. The summed E-state index contributed by atoms with van der Waals surface area (Å²) in [5, 5.41) is 2.63. The van der Waals surface area contributed by atoms with E-state index in [1.807, 2.05) is 6.92 Å². The van der Waals surface area contributed by atoms with Gasteiger partial charge in [0.15, 0.2) is 9.84 Å². The lowest BCUT2D eigenvalue weighted by atomic mass is 10.2. The highest BCUT2D eigenvalue weighted by molar-refractivity contribution is 7.91. The molecule has 0 radical (unpaired) electrons. The second kappa shape index (κ2) is 5.97. The molecule has 0 saturated heterocycles. The van der Waals surface area contributed by atoms with Crippen LogP contribution in [0.3, 0.4) is 0 Å². The maximum Gasteiger partial charge on any atom is 0.241 e. The van der Waals surface area contributed by atoms with Crippen molar-refractivity contribution in [1.29, 1.82) is 0 Å². The first-order chi connectivity index (χ1) is 8.40. The van der Waals surface area contributed by atoms with E-state index in [-0.39, 0.29) is 16.6 Å². The molecule has 0 aliphatic heterocycles.